The van der Waals surface area contributed by atoms with Crippen LogP contribution in [0.2, 0.25) is 0 Å². The third kappa shape index (κ3) is 3.82. The summed E-state index contributed by atoms with van der Waals surface area (Å²) >= 11 is 0. The number of hydrogen-bond donors (Lipinski definition) is 0. The molecule has 4 heteroatoms. The molecule has 0 atom stereocenters. The predicted molar refractivity (Wildman–Crippen MR) is 158 cm³/mol. The van der Waals surface area contributed by atoms with E-state index in [1.165, 1.54) is 16.8 Å². The Kier molecular flexibility index (Phi) is 5.68. The van der Waals surface area contributed by atoms with Crippen molar-refractivity contribution in [3.8, 4) is 17.1 Å². The highest BCUT2D eigenvalue weighted by Crippen LogP contribution is 2.40. The Hall–Kier alpha value is -3.92. The van der Waals surface area contributed by atoms with Crippen LogP contribution >= 0.6 is 0 Å². The Morgan fingerprint density at radius 2 is 1.37 bits per heavy atom. The molecule has 0 bridgehead atoms. The summed E-state index contributed by atoms with van der Waals surface area (Å²) in [4.78, 5) is 10.5. The molecular formula is C34H35N3O. The molecule has 4 nitrogen and oxygen atoms in total. The van der Waals surface area contributed by atoms with Gasteiger partial charge in [-0.25, -0.2) is 9.97 Å². The van der Waals surface area contributed by atoms with Crippen molar-refractivity contribution in [3.05, 3.63) is 89.6 Å². The third-order valence-corrected chi connectivity index (χ3v) is 7.48. The van der Waals surface area contributed by atoms with Crippen molar-refractivity contribution < 1.29 is 4.42 Å². The van der Waals surface area contributed by atoms with Gasteiger partial charge in [0.05, 0.1) is 11.3 Å². The van der Waals surface area contributed by atoms with Gasteiger partial charge in [-0.15, -0.1) is 0 Å². The molecule has 0 aliphatic rings. The van der Waals surface area contributed by atoms with E-state index in [1.807, 2.05) is 12.1 Å². The van der Waals surface area contributed by atoms with Crippen LogP contribution in [0.25, 0.3) is 50.2 Å². The normalized spacial score (nSPS) is 12.6. The average Bonchev–Trinajstić information content (AvgIpc) is 3.45. The monoisotopic (exact) mass is 501 g/mol. The summed E-state index contributed by atoms with van der Waals surface area (Å²) in [7, 11) is 0. The number of pyridine rings is 1. The van der Waals surface area contributed by atoms with Gasteiger partial charge in [0.25, 0.3) is 0 Å². The molecular weight excluding hydrogens is 466 g/mol. The number of rotatable bonds is 4. The van der Waals surface area contributed by atoms with Gasteiger partial charge in [-0.2, -0.15) is 0 Å². The van der Waals surface area contributed by atoms with Gasteiger partial charge in [0.2, 0.25) is 0 Å². The second-order valence-electron chi connectivity index (χ2n) is 11.9. The van der Waals surface area contributed by atoms with Gasteiger partial charge in [-0.1, -0.05) is 97.0 Å². The first-order chi connectivity index (χ1) is 18.1. The van der Waals surface area contributed by atoms with Gasteiger partial charge in [-0.05, 0) is 47.2 Å². The summed E-state index contributed by atoms with van der Waals surface area (Å²) in [5, 5.41) is 2.21. The predicted octanol–water partition coefficient (Wildman–Crippen LogP) is 9.53. The molecule has 192 valence electrons. The van der Waals surface area contributed by atoms with Crippen LogP contribution in [0.3, 0.4) is 0 Å². The molecule has 0 aliphatic carbocycles. The second kappa shape index (κ2) is 8.83. The number of aromatic nitrogens is 3. The molecule has 3 aromatic heterocycles. The molecule has 0 unspecified atom stereocenters. The van der Waals surface area contributed by atoms with Crippen molar-refractivity contribution in [2.75, 3.05) is 0 Å². The van der Waals surface area contributed by atoms with Gasteiger partial charge < -0.3 is 4.42 Å². The van der Waals surface area contributed by atoms with Gasteiger partial charge in [0.1, 0.15) is 16.7 Å². The van der Waals surface area contributed by atoms with Crippen molar-refractivity contribution in [1.82, 2.24) is 14.5 Å². The molecule has 0 aliphatic heterocycles. The maximum Gasteiger partial charge on any atom is 0.165 e. The van der Waals surface area contributed by atoms with E-state index in [-0.39, 0.29) is 5.41 Å². The van der Waals surface area contributed by atoms with Crippen LogP contribution in [0.5, 0.6) is 0 Å². The first-order valence-corrected chi connectivity index (χ1v) is 13.6. The SMILES string of the molecule is CC(C)c1cccc(C(C)C)c1-n1c(-c2cccc3c2oc2ccccc23)nc2ccc(C(C)(C)C)nc21. The highest BCUT2D eigenvalue weighted by molar-refractivity contribution is 6.09. The molecule has 0 saturated heterocycles. The van der Waals surface area contributed by atoms with Crippen molar-refractivity contribution in [3.63, 3.8) is 0 Å². The summed E-state index contributed by atoms with van der Waals surface area (Å²) < 4.78 is 8.79. The Morgan fingerprint density at radius 1 is 0.711 bits per heavy atom. The zero-order chi connectivity index (χ0) is 26.8. The summed E-state index contributed by atoms with van der Waals surface area (Å²) in [5.41, 5.74) is 9.21. The van der Waals surface area contributed by atoms with E-state index in [9.17, 15) is 0 Å². The number of benzene rings is 3. The molecule has 38 heavy (non-hydrogen) atoms. The van der Waals surface area contributed by atoms with Crippen LogP contribution in [0.4, 0.5) is 0 Å². The minimum atomic E-state index is -0.0827. The van der Waals surface area contributed by atoms with E-state index < -0.39 is 0 Å². The van der Waals surface area contributed by atoms with Crippen LogP contribution < -0.4 is 0 Å². The number of nitrogens with zero attached hydrogens (tertiary/aromatic N) is 3. The molecule has 0 radical (unpaired) electrons. The third-order valence-electron chi connectivity index (χ3n) is 7.48. The van der Waals surface area contributed by atoms with E-state index in [4.69, 9.17) is 14.4 Å². The summed E-state index contributed by atoms with van der Waals surface area (Å²) in [6.45, 7) is 15.7. The van der Waals surface area contributed by atoms with E-state index in [0.717, 1.165) is 50.2 Å². The minimum absolute atomic E-state index is 0.0827. The fraction of sp³-hybridized carbons (Fsp3) is 0.294. The maximum atomic E-state index is 6.48. The first-order valence-electron chi connectivity index (χ1n) is 13.6. The lowest BCUT2D eigenvalue weighted by atomic mass is 9.91. The molecule has 0 amide bonds. The lowest BCUT2D eigenvalue weighted by Gasteiger charge is -2.23. The number of fused-ring (bicyclic) bond motifs is 4. The highest BCUT2D eigenvalue weighted by Gasteiger charge is 2.26. The smallest absolute Gasteiger partial charge is 0.165 e. The van der Waals surface area contributed by atoms with Gasteiger partial charge >= 0.3 is 0 Å². The number of furan rings is 1. The standard InChI is InChI=1S/C34H35N3O/c1-20(2)22-13-10-14-23(21(3)4)30(22)37-32(35-27-18-19-29(34(5,6)7)36-33(27)37)26-16-11-15-25-24-12-8-9-17-28(24)38-31(25)26/h8-21H,1-7H3. The van der Waals surface area contributed by atoms with Gasteiger partial charge in [0, 0.05) is 21.9 Å². The molecule has 3 heterocycles. The second-order valence-corrected chi connectivity index (χ2v) is 11.9. The van der Waals surface area contributed by atoms with Crippen LogP contribution in [-0.2, 0) is 5.41 Å². The lowest BCUT2D eigenvalue weighted by molar-refractivity contribution is 0.570. The van der Waals surface area contributed by atoms with Crippen LogP contribution in [0.15, 0.2) is 77.2 Å². The van der Waals surface area contributed by atoms with Gasteiger partial charge in [-0.3, -0.25) is 4.57 Å². The zero-order valence-electron chi connectivity index (χ0n) is 23.3. The lowest BCUT2D eigenvalue weighted by Crippen LogP contribution is -2.14. The quantitative estimate of drug-likeness (QED) is 0.241. The topological polar surface area (TPSA) is 43.9 Å². The van der Waals surface area contributed by atoms with E-state index >= 15 is 0 Å². The fourth-order valence-electron chi connectivity index (χ4n) is 5.46. The summed E-state index contributed by atoms with van der Waals surface area (Å²) in [6, 6.07) is 25.5. The number of para-hydroxylation sites is 3. The zero-order valence-corrected chi connectivity index (χ0v) is 23.3. The van der Waals surface area contributed by atoms with Crippen molar-refractivity contribution in [1.29, 1.82) is 0 Å². The fourth-order valence-corrected chi connectivity index (χ4v) is 5.46. The molecule has 0 saturated carbocycles. The Bertz CT molecular complexity index is 1790. The Balaban J connectivity index is 1.79. The van der Waals surface area contributed by atoms with E-state index in [2.05, 4.69) is 114 Å². The van der Waals surface area contributed by atoms with Crippen molar-refractivity contribution >= 4 is 33.1 Å². The maximum absolute atomic E-state index is 6.48. The van der Waals surface area contributed by atoms with Crippen molar-refractivity contribution in [2.24, 2.45) is 0 Å². The summed E-state index contributed by atoms with van der Waals surface area (Å²) in [5.74, 6) is 1.53. The van der Waals surface area contributed by atoms with E-state index in [1.54, 1.807) is 0 Å². The molecule has 0 fully saturated rings. The molecule has 6 aromatic rings. The highest BCUT2D eigenvalue weighted by atomic mass is 16.3. The van der Waals surface area contributed by atoms with Crippen LogP contribution in [0.1, 0.15) is 77.1 Å². The summed E-state index contributed by atoms with van der Waals surface area (Å²) in [6.07, 6.45) is 0. The molecule has 6 rings (SSSR count). The number of hydrogen-bond acceptors (Lipinski definition) is 3. The minimum Gasteiger partial charge on any atom is -0.455 e. The van der Waals surface area contributed by atoms with Gasteiger partial charge in [0.15, 0.2) is 11.5 Å². The van der Waals surface area contributed by atoms with Crippen molar-refractivity contribution in [2.45, 2.75) is 65.7 Å². The van der Waals surface area contributed by atoms with Crippen LogP contribution in [-0.4, -0.2) is 14.5 Å². The number of imidazole rings is 1. The Morgan fingerprint density at radius 3 is 2.05 bits per heavy atom. The first kappa shape index (κ1) is 24.4. The Labute approximate surface area is 224 Å². The van der Waals surface area contributed by atoms with Crippen LogP contribution in [0, 0.1) is 0 Å². The van der Waals surface area contributed by atoms with E-state index in [0.29, 0.717) is 11.8 Å². The average molecular weight is 502 g/mol. The molecule has 0 N–H and O–H groups in total. The molecule has 0 spiro atoms. The molecule has 3 aromatic carbocycles. The largest absolute Gasteiger partial charge is 0.455 e.